The van der Waals surface area contributed by atoms with Crippen molar-refractivity contribution in [3.05, 3.63) is 41.1 Å². The summed E-state index contributed by atoms with van der Waals surface area (Å²) >= 11 is 1.98. The second-order valence-electron chi connectivity index (χ2n) is 8.30. The molecular weight excluding hydrogens is 330 g/mol. The van der Waals surface area contributed by atoms with Gasteiger partial charge in [-0.3, -0.25) is 0 Å². The fourth-order valence-electron chi connectivity index (χ4n) is 3.82. The van der Waals surface area contributed by atoms with E-state index in [0.717, 1.165) is 48.0 Å². The van der Waals surface area contributed by atoms with Crippen LogP contribution in [0.1, 0.15) is 62.8 Å². The van der Waals surface area contributed by atoms with Crippen LogP contribution in [0.4, 0.5) is 11.5 Å². The molecule has 1 saturated carbocycles. The molecule has 2 aliphatic rings. The van der Waals surface area contributed by atoms with E-state index in [2.05, 4.69) is 55.0 Å². The van der Waals surface area contributed by atoms with Gasteiger partial charge in [-0.2, -0.15) is 16.9 Å². The highest BCUT2D eigenvalue weighted by atomic mass is 32.2. The van der Waals surface area contributed by atoms with E-state index in [0.29, 0.717) is 5.92 Å². The number of nitrogens with zero attached hydrogens (tertiary/aromatic N) is 2. The molecule has 4 rings (SSSR count). The standard InChI is InChI=1S/C20H27N3OS/c1-20(2,3)23-19(10-18(22-23)13-5-7-17(24)9-13)21-16-6-4-14-11-25-12-15(14)8-16/h4,6,8,10,13,17,21,24H,5,7,9,11-12H2,1-3H3/t13-,17+/m0/s1. The smallest absolute Gasteiger partial charge is 0.129 e. The highest BCUT2D eigenvalue weighted by Crippen LogP contribution is 2.37. The van der Waals surface area contributed by atoms with E-state index >= 15 is 0 Å². The molecule has 0 bridgehead atoms. The van der Waals surface area contributed by atoms with Gasteiger partial charge in [-0.15, -0.1) is 0 Å². The molecule has 5 heteroatoms. The molecule has 0 spiro atoms. The molecule has 1 aliphatic heterocycles. The third-order valence-corrected chi connectivity index (χ3v) is 6.21. The van der Waals surface area contributed by atoms with Crippen molar-refractivity contribution in [2.45, 2.75) is 69.1 Å². The molecule has 1 aromatic carbocycles. The summed E-state index contributed by atoms with van der Waals surface area (Å²) < 4.78 is 2.09. The zero-order chi connectivity index (χ0) is 17.6. The molecule has 2 N–H and O–H groups in total. The number of aliphatic hydroxyl groups is 1. The Morgan fingerprint density at radius 2 is 1.96 bits per heavy atom. The third-order valence-electron chi connectivity index (χ3n) is 5.18. The van der Waals surface area contributed by atoms with E-state index < -0.39 is 0 Å². The molecule has 0 radical (unpaired) electrons. The van der Waals surface area contributed by atoms with Crippen LogP contribution >= 0.6 is 11.8 Å². The number of aromatic nitrogens is 2. The van der Waals surface area contributed by atoms with Crippen LogP contribution < -0.4 is 5.32 Å². The fourth-order valence-corrected chi connectivity index (χ4v) is 4.92. The lowest BCUT2D eigenvalue weighted by Crippen LogP contribution is -2.24. The third kappa shape index (κ3) is 3.44. The summed E-state index contributed by atoms with van der Waals surface area (Å²) in [5.41, 5.74) is 5.04. The maximum atomic E-state index is 9.87. The fraction of sp³-hybridized carbons (Fsp3) is 0.550. The van der Waals surface area contributed by atoms with E-state index in [4.69, 9.17) is 5.10 Å². The summed E-state index contributed by atoms with van der Waals surface area (Å²) in [7, 11) is 0. The summed E-state index contributed by atoms with van der Waals surface area (Å²) in [6, 6.07) is 8.86. The van der Waals surface area contributed by atoms with Crippen LogP contribution in [0.2, 0.25) is 0 Å². The number of anilines is 2. The van der Waals surface area contributed by atoms with Crippen LogP contribution in [0, 0.1) is 0 Å². The molecule has 4 nitrogen and oxygen atoms in total. The predicted octanol–water partition coefficient (Wildman–Crippen LogP) is 4.76. The summed E-state index contributed by atoms with van der Waals surface area (Å²) in [6.07, 6.45) is 2.57. The average Bonchev–Trinajstić information content (AvgIpc) is 3.24. The number of hydrogen-bond donors (Lipinski definition) is 2. The first-order chi connectivity index (χ1) is 11.9. The van der Waals surface area contributed by atoms with Gasteiger partial charge in [0.25, 0.3) is 0 Å². The lowest BCUT2D eigenvalue weighted by molar-refractivity contribution is 0.181. The first kappa shape index (κ1) is 17.0. The quantitative estimate of drug-likeness (QED) is 0.832. The van der Waals surface area contributed by atoms with Crippen molar-refractivity contribution >= 4 is 23.3 Å². The van der Waals surface area contributed by atoms with Crippen LogP contribution in [-0.4, -0.2) is 21.0 Å². The molecule has 0 amide bonds. The Kier molecular flexibility index (Phi) is 4.32. The number of rotatable bonds is 3. The van der Waals surface area contributed by atoms with Gasteiger partial charge in [0.2, 0.25) is 0 Å². The minimum absolute atomic E-state index is 0.0929. The molecule has 1 aliphatic carbocycles. The Morgan fingerprint density at radius 1 is 1.16 bits per heavy atom. The van der Waals surface area contributed by atoms with Gasteiger partial charge in [-0.1, -0.05) is 6.07 Å². The zero-order valence-electron chi connectivity index (χ0n) is 15.2. The van der Waals surface area contributed by atoms with E-state index in [1.807, 2.05) is 11.8 Å². The second kappa shape index (κ2) is 6.36. The van der Waals surface area contributed by atoms with Gasteiger partial charge in [0.05, 0.1) is 17.3 Å². The normalized spacial score (nSPS) is 23.0. The molecule has 2 heterocycles. The summed E-state index contributed by atoms with van der Waals surface area (Å²) in [5, 5.41) is 18.4. The van der Waals surface area contributed by atoms with E-state index in [1.165, 1.54) is 11.1 Å². The van der Waals surface area contributed by atoms with Crippen LogP contribution in [0.3, 0.4) is 0 Å². The topological polar surface area (TPSA) is 50.1 Å². The minimum atomic E-state index is -0.171. The van der Waals surface area contributed by atoms with E-state index in [-0.39, 0.29) is 11.6 Å². The first-order valence-corrected chi connectivity index (χ1v) is 10.3. The van der Waals surface area contributed by atoms with Crippen molar-refractivity contribution in [2.24, 2.45) is 0 Å². The molecule has 2 atom stereocenters. The van der Waals surface area contributed by atoms with E-state index in [9.17, 15) is 5.11 Å². The maximum Gasteiger partial charge on any atom is 0.129 e. The molecule has 0 unspecified atom stereocenters. The number of benzene rings is 1. The van der Waals surface area contributed by atoms with Crippen molar-refractivity contribution in [2.75, 3.05) is 5.32 Å². The summed E-state index contributed by atoms with van der Waals surface area (Å²) in [6.45, 7) is 6.54. The Labute approximate surface area is 154 Å². The average molecular weight is 358 g/mol. The van der Waals surface area contributed by atoms with Gasteiger partial charge in [-0.25, -0.2) is 4.68 Å². The van der Waals surface area contributed by atoms with Crippen molar-refractivity contribution in [1.82, 2.24) is 9.78 Å². The molecule has 0 saturated heterocycles. The van der Waals surface area contributed by atoms with Crippen molar-refractivity contribution < 1.29 is 5.11 Å². The van der Waals surface area contributed by atoms with Gasteiger partial charge < -0.3 is 10.4 Å². The predicted molar refractivity (Wildman–Crippen MR) is 105 cm³/mol. The molecule has 134 valence electrons. The Balaban J connectivity index is 1.64. The van der Waals surface area contributed by atoms with Crippen LogP contribution in [0.15, 0.2) is 24.3 Å². The molecule has 1 aromatic heterocycles. The van der Waals surface area contributed by atoms with Gasteiger partial charge in [-0.05, 0) is 63.3 Å². The monoisotopic (exact) mass is 357 g/mol. The van der Waals surface area contributed by atoms with E-state index in [1.54, 1.807) is 0 Å². The van der Waals surface area contributed by atoms with Gasteiger partial charge in [0.15, 0.2) is 0 Å². The lowest BCUT2D eigenvalue weighted by Gasteiger charge is -2.23. The number of nitrogens with one attached hydrogen (secondary N) is 1. The molecule has 2 aromatic rings. The van der Waals surface area contributed by atoms with Crippen LogP contribution in [0.25, 0.3) is 0 Å². The summed E-state index contributed by atoms with van der Waals surface area (Å²) in [5.74, 6) is 3.64. The first-order valence-electron chi connectivity index (χ1n) is 9.15. The second-order valence-corrected chi connectivity index (χ2v) is 9.29. The number of hydrogen-bond acceptors (Lipinski definition) is 4. The number of aliphatic hydroxyl groups excluding tert-OH is 1. The Bertz CT molecular complexity index is 778. The molecular formula is C20H27N3OS. The maximum absolute atomic E-state index is 9.87. The number of thioether (sulfide) groups is 1. The van der Waals surface area contributed by atoms with Crippen LogP contribution in [-0.2, 0) is 17.0 Å². The van der Waals surface area contributed by atoms with Crippen molar-refractivity contribution in [3.63, 3.8) is 0 Å². The Morgan fingerprint density at radius 3 is 2.68 bits per heavy atom. The van der Waals surface area contributed by atoms with Crippen LogP contribution in [0.5, 0.6) is 0 Å². The lowest BCUT2D eigenvalue weighted by atomic mass is 10.0. The van der Waals surface area contributed by atoms with Gasteiger partial charge >= 0.3 is 0 Å². The SMILES string of the molecule is CC(C)(C)n1nc([C@H]2CC[C@@H](O)C2)cc1Nc1ccc2c(c1)CSC2. The van der Waals surface area contributed by atoms with Crippen molar-refractivity contribution in [1.29, 1.82) is 0 Å². The van der Waals surface area contributed by atoms with Crippen molar-refractivity contribution in [3.8, 4) is 0 Å². The van der Waals surface area contributed by atoms with Gasteiger partial charge in [0, 0.05) is 29.2 Å². The molecule has 25 heavy (non-hydrogen) atoms. The zero-order valence-corrected chi connectivity index (χ0v) is 16.1. The largest absolute Gasteiger partial charge is 0.393 e. The molecule has 1 fully saturated rings. The Hall–Kier alpha value is -1.46. The summed E-state index contributed by atoms with van der Waals surface area (Å²) in [4.78, 5) is 0. The highest BCUT2D eigenvalue weighted by molar-refractivity contribution is 7.98. The highest BCUT2D eigenvalue weighted by Gasteiger charge is 2.29. The van der Waals surface area contributed by atoms with Gasteiger partial charge in [0.1, 0.15) is 5.82 Å². The number of fused-ring (bicyclic) bond motifs is 1. The minimum Gasteiger partial charge on any atom is -0.393 e.